The summed E-state index contributed by atoms with van der Waals surface area (Å²) in [5.41, 5.74) is 0. The molecule has 168 valence electrons. The summed E-state index contributed by atoms with van der Waals surface area (Å²) in [6.07, 6.45) is 13.0. The third-order valence-corrected chi connectivity index (χ3v) is 7.15. The molecule has 1 aromatic rings. The molecule has 3 nitrogen and oxygen atoms in total. The molecular formula is C25H36F2O3. The highest BCUT2D eigenvalue weighted by atomic mass is 19.2. The first-order chi connectivity index (χ1) is 14.5. The van der Waals surface area contributed by atoms with Crippen molar-refractivity contribution in [3.63, 3.8) is 0 Å². The molecule has 3 rings (SSSR count). The van der Waals surface area contributed by atoms with Gasteiger partial charge in [-0.1, -0.05) is 39.0 Å². The Morgan fingerprint density at radius 3 is 2.07 bits per heavy atom. The zero-order valence-electron chi connectivity index (χ0n) is 18.4. The van der Waals surface area contributed by atoms with Crippen LogP contribution < -0.4 is 9.47 Å². The number of carbonyl (C=O) groups is 1. The normalized spacial score (nSPS) is 26.9. The van der Waals surface area contributed by atoms with Crippen LogP contribution in [0.25, 0.3) is 0 Å². The van der Waals surface area contributed by atoms with Crippen molar-refractivity contribution in [2.45, 2.75) is 84.5 Å². The molecule has 0 atom stereocenters. The Kier molecular flexibility index (Phi) is 8.52. The molecule has 2 saturated carbocycles. The molecule has 0 aromatic heterocycles. The molecule has 0 spiro atoms. The van der Waals surface area contributed by atoms with Crippen molar-refractivity contribution in [1.29, 1.82) is 0 Å². The maximum atomic E-state index is 14.2. The lowest BCUT2D eigenvalue weighted by molar-refractivity contribution is -0.140. The van der Waals surface area contributed by atoms with Gasteiger partial charge in [0.15, 0.2) is 11.5 Å². The molecule has 0 saturated heterocycles. The van der Waals surface area contributed by atoms with Crippen LogP contribution in [0.3, 0.4) is 0 Å². The van der Waals surface area contributed by atoms with Gasteiger partial charge in [0, 0.05) is 0 Å². The molecule has 0 N–H and O–H groups in total. The predicted octanol–water partition coefficient (Wildman–Crippen LogP) is 7.07. The quantitative estimate of drug-likeness (QED) is 0.332. The van der Waals surface area contributed by atoms with Gasteiger partial charge in [-0.15, -0.1) is 0 Å². The molecule has 1 aromatic carbocycles. The Hall–Kier alpha value is -1.65. The first kappa shape index (κ1) is 23.0. The van der Waals surface area contributed by atoms with Crippen LogP contribution in [0.15, 0.2) is 12.1 Å². The van der Waals surface area contributed by atoms with E-state index >= 15 is 0 Å². The Bertz CT molecular complexity index is 690. The minimum atomic E-state index is -1.16. The maximum Gasteiger partial charge on any atom is 0.314 e. The fraction of sp³-hybridized carbons (Fsp3) is 0.720. The second-order valence-corrected chi connectivity index (χ2v) is 9.08. The van der Waals surface area contributed by atoms with Crippen LogP contribution in [0.2, 0.25) is 0 Å². The molecule has 2 fully saturated rings. The van der Waals surface area contributed by atoms with E-state index in [0.29, 0.717) is 5.92 Å². The van der Waals surface area contributed by atoms with Crippen LogP contribution in [-0.4, -0.2) is 12.6 Å². The van der Waals surface area contributed by atoms with Crippen molar-refractivity contribution in [2.75, 3.05) is 6.61 Å². The average Bonchev–Trinajstić information content (AvgIpc) is 2.78. The van der Waals surface area contributed by atoms with E-state index in [1.807, 2.05) is 0 Å². The van der Waals surface area contributed by atoms with Crippen molar-refractivity contribution in [3.05, 3.63) is 23.8 Å². The molecule has 5 heteroatoms. The predicted molar refractivity (Wildman–Crippen MR) is 114 cm³/mol. The van der Waals surface area contributed by atoms with Gasteiger partial charge in [-0.05, 0) is 75.3 Å². The van der Waals surface area contributed by atoms with Crippen LogP contribution in [0, 0.1) is 35.3 Å². The van der Waals surface area contributed by atoms with E-state index in [9.17, 15) is 13.6 Å². The monoisotopic (exact) mass is 422 g/mol. The summed E-state index contributed by atoms with van der Waals surface area (Å²) in [5.74, 6) is -1.07. The molecule has 0 radical (unpaired) electrons. The van der Waals surface area contributed by atoms with Gasteiger partial charge in [-0.3, -0.25) is 4.79 Å². The van der Waals surface area contributed by atoms with Crippen LogP contribution in [-0.2, 0) is 4.79 Å². The summed E-state index contributed by atoms with van der Waals surface area (Å²) in [4.78, 5) is 12.5. The zero-order chi connectivity index (χ0) is 21.5. The number of rotatable bonds is 8. The van der Waals surface area contributed by atoms with E-state index < -0.39 is 17.6 Å². The molecule has 0 amide bonds. The topological polar surface area (TPSA) is 35.5 Å². The zero-order valence-corrected chi connectivity index (χ0v) is 18.4. The van der Waals surface area contributed by atoms with Gasteiger partial charge in [0.1, 0.15) is 0 Å². The largest absolute Gasteiger partial charge is 0.491 e. The molecule has 0 heterocycles. The van der Waals surface area contributed by atoms with E-state index in [1.165, 1.54) is 57.1 Å². The number of carbonyl (C=O) groups excluding carboxylic acids is 1. The van der Waals surface area contributed by atoms with E-state index in [4.69, 9.17) is 9.47 Å². The molecule has 30 heavy (non-hydrogen) atoms. The van der Waals surface area contributed by atoms with E-state index in [0.717, 1.165) is 37.5 Å². The minimum Gasteiger partial charge on any atom is -0.491 e. The number of halogens is 2. The number of unbranched alkanes of at least 4 members (excludes halogenated alkanes) is 1. The first-order valence-corrected chi connectivity index (χ1v) is 11.9. The molecule has 0 bridgehead atoms. The lowest BCUT2D eigenvalue weighted by atomic mass is 9.68. The van der Waals surface area contributed by atoms with E-state index in [1.54, 1.807) is 6.92 Å². The molecule has 2 aliphatic rings. The summed E-state index contributed by atoms with van der Waals surface area (Å²) in [6, 6.07) is 2.57. The summed E-state index contributed by atoms with van der Waals surface area (Å²) >= 11 is 0. The van der Waals surface area contributed by atoms with Gasteiger partial charge >= 0.3 is 5.97 Å². The Labute approximate surface area is 179 Å². The Morgan fingerprint density at radius 2 is 1.47 bits per heavy atom. The van der Waals surface area contributed by atoms with Crippen LogP contribution in [0.1, 0.15) is 84.5 Å². The molecule has 0 aliphatic heterocycles. The number of esters is 1. The smallest absolute Gasteiger partial charge is 0.314 e. The molecule has 2 aliphatic carbocycles. The highest BCUT2D eigenvalue weighted by molar-refractivity contribution is 5.75. The fourth-order valence-corrected chi connectivity index (χ4v) is 5.32. The standard InChI is InChI=1S/C25H36F2O3/c1-3-5-6-17-7-9-18(10-8-17)19-11-13-20(14-12-19)25(28)30-22-16-15-21(29-4-2)23(26)24(22)27/h15-20H,3-14H2,1-2H3/t17-,18-,19-,20-. The van der Waals surface area contributed by atoms with Gasteiger partial charge in [0.05, 0.1) is 12.5 Å². The third kappa shape index (κ3) is 5.73. The third-order valence-electron chi connectivity index (χ3n) is 7.15. The fourth-order valence-electron chi connectivity index (χ4n) is 5.32. The van der Waals surface area contributed by atoms with Crippen molar-refractivity contribution < 1.29 is 23.0 Å². The van der Waals surface area contributed by atoms with Crippen LogP contribution >= 0.6 is 0 Å². The van der Waals surface area contributed by atoms with Gasteiger partial charge < -0.3 is 9.47 Å². The molecular weight excluding hydrogens is 386 g/mol. The van der Waals surface area contributed by atoms with Crippen molar-refractivity contribution >= 4 is 5.97 Å². The van der Waals surface area contributed by atoms with Crippen LogP contribution in [0.5, 0.6) is 11.5 Å². The van der Waals surface area contributed by atoms with E-state index in [2.05, 4.69) is 6.92 Å². The summed E-state index contributed by atoms with van der Waals surface area (Å²) in [6.45, 7) is 4.19. The van der Waals surface area contributed by atoms with E-state index in [-0.39, 0.29) is 24.0 Å². The second-order valence-electron chi connectivity index (χ2n) is 9.08. The van der Waals surface area contributed by atoms with Crippen molar-refractivity contribution in [3.8, 4) is 11.5 Å². The lowest BCUT2D eigenvalue weighted by Crippen LogP contribution is -2.30. The number of ether oxygens (including phenoxy) is 2. The first-order valence-electron chi connectivity index (χ1n) is 11.9. The highest BCUT2D eigenvalue weighted by Crippen LogP contribution is 2.42. The summed E-state index contributed by atoms with van der Waals surface area (Å²) < 4.78 is 38.5. The SMILES string of the molecule is CCCC[C@H]1CC[C@H]([C@H]2CC[C@H](C(=O)Oc3ccc(OCC)c(F)c3F)CC2)CC1. The van der Waals surface area contributed by atoms with Crippen molar-refractivity contribution in [1.82, 2.24) is 0 Å². The summed E-state index contributed by atoms with van der Waals surface area (Å²) in [5, 5.41) is 0. The minimum absolute atomic E-state index is 0.167. The average molecular weight is 423 g/mol. The number of hydrogen-bond donors (Lipinski definition) is 0. The summed E-state index contributed by atoms with van der Waals surface area (Å²) in [7, 11) is 0. The Balaban J connectivity index is 1.46. The van der Waals surface area contributed by atoms with Crippen molar-refractivity contribution in [2.24, 2.45) is 23.7 Å². The van der Waals surface area contributed by atoms with Crippen LogP contribution in [0.4, 0.5) is 8.78 Å². The maximum absolute atomic E-state index is 14.2. The highest BCUT2D eigenvalue weighted by Gasteiger charge is 2.34. The van der Waals surface area contributed by atoms with Gasteiger partial charge in [-0.2, -0.15) is 8.78 Å². The van der Waals surface area contributed by atoms with Gasteiger partial charge in [-0.25, -0.2) is 0 Å². The number of benzene rings is 1. The van der Waals surface area contributed by atoms with Gasteiger partial charge in [0.2, 0.25) is 11.6 Å². The number of hydrogen-bond acceptors (Lipinski definition) is 3. The lowest BCUT2D eigenvalue weighted by Gasteiger charge is -2.37. The van der Waals surface area contributed by atoms with Gasteiger partial charge in [0.25, 0.3) is 0 Å². The second kappa shape index (κ2) is 11.1. The molecule has 0 unspecified atom stereocenters. The Morgan fingerprint density at radius 1 is 0.900 bits per heavy atom.